The molecule has 0 atom stereocenters. The van der Waals surface area contributed by atoms with Gasteiger partial charge in [-0.05, 0) is 67.8 Å². The fraction of sp³-hybridized carbons (Fsp3) is 0.214. The Morgan fingerprint density at radius 3 is 2.06 bits per heavy atom. The zero-order valence-corrected chi connectivity index (χ0v) is 19.4. The van der Waals surface area contributed by atoms with Crippen molar-refractivity contribution in [3.05, 3.63) is 95.7 Å². The van der Waals surface area contributed by atoms with E-state index in [2.05, 4.69) is 6.92 Å². The number of benzene rings is 3. The quantitative estimate of drug-likeness (QED) is 0.458. The van der Waals surface area contributed by atoms with Gasteiger partial charge in [0.15, 0.2) is 0 Å². The van der Waals surface area contributed by atoms with Crippen LogP contribution in [0.15, 0.2) is 84.6 Å². The number of aryl methyl sites for hydroxylation is 1. The van der Waals surface area contributed by atoms with Crippen LogP contribution in [0.25, 0.3) is 5.57 Å². The lowest BCUT2D eigenvalue weighted by Crippen LogP contribution is -2.34. The number of rotatable bonds is 7. The van der Waals surface area contributed by atoms with Crippen LogP contribution in [-0.4, -0.2) is 25.0 Å². The molecule has 0 unspecified atom stereocenters. The molecule has 1 heterocycles. The number of amides is 2. The van der Waals surface area contributed by atoms with E-state index in [4.69, 9.17) is 4.74 Å². The summed E-state index contributed by atoms with van der Waals surface area (Å²) in [6.07, 6.45) is 0.935. The van der Waals surface area contributed by atoms with Crippen LogP contribution in [0, 0.1) is 0 Å². The summed E-state index contributed by atoms with van der Waals surface area (Å²) in [6.45, 7) is 5.99. The number of carbonyl (C=O) groups excluding carboxylic acids is 2. The molecule has 1 aliphatic rings. The summed E-state index contributed by atoms with van der Waals surface area (Å²) in [5.74, 6) is 0.0452. The molecule has 4 rings (SSSR count). The third kappa shape index (κ3) is 4.40. The number of ether oxygens (including phenoxy) is 1. The molecule has 0 aliphatic carbocycles. The number of carbonyl (C=O) groups is 2. The average molecular weight is 441 g/mol. The van der Waals surface area contributed by atoms with Crippen molar-refractivity contribution in [2.75, 3.05) is 16.8 Å². The SMILES string of the molecule is CCc1ccc(N2C(=O)C(c3ccc(OC(C)C)cc3)=C(N(C)c3ccccc3)C2=O)cc1. The van der Waals surface area contributed by atoms with E-state index in [1.54, 1.807) is 4.90 Å². The number of imide groups is 1. The van der Waals surface area contributed by atoms with E-state index in [1.165, 1.54) is 4.90 Å². The summed E-state index contributed by atoms with van der Waals surface area (Å²) in [6, 6.07) is 24.5. The van der Waals surface area contributed by atoms with Gasteiger partial charge >= 0.3 is 0 Å². The molecule has 0 N–H and O–H groups in total. The lowest BCUT2D eigenvalue weighted by atomic mass is 10.0. The Bertz CT molecular complexity index is 1180. The molecule has 168 valence electrons. The highest BCUT2D eigenvalue weighted by atomic mass is 16.5. The molecule has 33 heavy (non-hydrogen) atoms. The lowest BCUT2D eigenvalue weighted by Gasteiger charge is -2.21. The average Bonchev–Trinajstić information content (AvgIpc) is 3.09. The normalized spacial score (nSPS) is 13.8. The Balaban J connectivity index is 1.80. The molecule has 5 heteroatoms. The first-order chi connectivity index (χ1) is 15.9. The molecular weight excluding hydrogens is 412 g/mol. The van der Waals surface area contributed by atoms with Crippen molar-refractivity contribution < 1.29 is 14.3 Å². The van der Waals surface area contributed by atoms with Crippen LogP contribution in [-0.2, 0) is 16.0 Å². The Morgan fingerprint density at radius 2 is 1.48 bits per heavy atom. The van der Waals surface area contributed by atoms with Gasteiger partial charge in [0.1, 0.15) is 11.4 Å². The second-order valence-corrected chi connectivity index (χ2v) is 8.27. The summed E-state index contributed by atoms with van der Waals surface area (Å²) in [4.78, 5) is 30.4. The fourth-order valence-corrected chi connectivity index (χ4v) is 3.96. The van der Waals surface area contributed by atoms with Gasteiger partial charge in [-0.15, -0.1) is 0 Å². The molecular formula is C28H28N2O3. The van der Waals surface area contributed by atoms with Crippen LogP contribution in [0.3, 0.4) is 0 Å². The Hall–Kier alpha value is -3.86. The van der Waals surface area contributed by atoms with Crippen molar-refractivity contribution >= 4 is 28.8 Å². The number of para-hydroxylation sites is 1. The number of hydrogen-bond donors (Lipinski definition) is 0. The zero-order chi connectivity index (χ0) is 23.5. The van der Waals surface area contributed by atoms with E-state index < -0.39 is 0 Å². The summed E-state index contributed by atoms with van der Waals surface area (Å²) < 4.78 is 5.75. The number of anilines is 2. The molecule has 0 fully saturated rings. The van der Waals surface area contributed by atoms with Crippen molar-refractivity contribution in [3.63, 3.8) is 0 Å². The molecule has 0 radical (unpaired) electrons. The first-order valence-electron chi connectivity index (χ1n) is 11.2. The summed E-state index contributed by atoms with van der Waals surface area (Å²) in [5.41, 5.74) is 3.94. The van der Waals surface area contributed by atoms with Gasteiger partial charge in [-0.2, -0.15) is 0 Å². The van der Waals surface area contributed by atoms with Crippen LogP contribution in [0.5, 0.6) is 5.75 Å². The predicted octanol–water partition coefficient (Wildman–Crippen LogP) is 5.46. The minimum absolute atomic E-state index is 0.0473. The number of hydrogen-bond acceptors (Lipinski definition) is 4. The van der Waals surface area contributed by atoms with E-state index in [9.17, 15) is 9.59 Å². The van der Waals surface area contributed by atoms with E-state index in [-0.39, 0.29) is 17.9 Å². The summed E-state index contributed by atoms with van der Waals surface area (Å²) in [5, 5.41) is 0. The predicted molar refractivity (Wildman–Crippen MR) is 132 cm³/mol. The Morgan fingerprint density at radius 1 is 0.848 bits per heavy atom. The van der Waals surface area contributed by atoms with Crippen LogP contribution in [0.1, 0.15) is 31.9 Å². The lowest BCUT2D eigenvalue weighted by molar-refractivity contribution is -0.120. The first-order valence-corrected chi connectivity index (χ1v) is 11.2. The highest BCUT2D eigenvalue weighted by Crippen LogP contribution is 2.36. The topological polar surface area (TPSA) is 49.9 Å². The molecule has 0 spiro atoms. The Labute approximate surface area is 194 Å². The van der Waals surface area contributed by atoms with Gasteiger partial charge in [0, 0.05) is 12.7 Å². The van der Waals surface area contributed by atoms with Crippen LogP contribution >= 0.6 is 0 Å². The van der Waals surface area contributed by atoms with Crippen molar-refractivity contribution in [2.45, 2.75) is 33.3 Å². The van der Waals surface area contributed by atoms with E-state index in [0.717, 1.165) is 23.4 Å². The van der Waals surface area contributed by atoms with Crippen molar-refractivity contribution in [3.8, 4) is 5.75 Å². The standard InChI is InChI=1S/C28H28N2O3/c1-5-20-11-15-23(16-12-20)30-27(31)25(21-13-17-24(18-14-21)33-19(2)3)26(28(30)32)29(4)22-9-7-6-8-10-22/h6-19H,5H2,1-4H3. The second kappa shape index (κ2) is 9.33. The van der Waals surface area contributed by atoms with E-state index >= 15 is 0 Å². The maximum atomic E-state index is 13.7. The third-order valence-electron chi connectivity index (χ3n) is 5.66. The molecule has 3 aromatic rings. The molecule has 0 saturated heterocycles. The van der Waals surface area contributed by atoms with Gasteiger partial charge in [0.05, 0.1) is 17.4 Å². The largest absolute Gasteiger partial charge is 0.491 e. The van der Waals surface area contributed by atoms with Gasteiger partial charge < -0.3 is 9.64 Å². The van der Waals surface area contributed by atoms with Crippen LogP contribution < -0.4 is 14.5 Å². The summed E-state index contributed by atoms with van der Waals surface area (Å²) >= 11 is 0. The third-order valence-corrected chi connectivity index (χ3v) is 5.66. The van der Waals surface area contributed by atoms with Gasteiger partial charge in [-0.1, -0.05) is 49.4 Å². The van der Waals surface area contributed by atoms with E-state index in [1.807, 2.05) is 99.8 Å². The minimum atomic E-state index is -0.340. The maximum absolute atomic E-state index is 13.7. The van der Waals surface area contributed by atoms with Crippen molar-refractivity contribution in [2.24, 2.45) is 0 Å². The Kier molecular flexibility index (Phi) is 6.31. The smallest absolute Gasteiger partial charge is 0.282 e. The highest BCUT2D eigenvalue weighted by molar-refractivity contribution is 6.46. The molecule has 0 aromatic heterocycles. The summed E-state index contributed by atoms with van der Waals surface area (Å²) in [7, 11) is 1.82. The van der Waals surface area contributed by atoms with Crippen LogP contribution in [0.4, 0.5) is 11.4 Å². The fourth-order valence-electron chi connectivity index (χ4n) is 3.96. The van der Waals surface area contributed by atoms with Crippen molar-refractivity contribution in [1.29, 1.82) is 0 Å². The molecule has 0 saturated carbocycles. The van der Waals surface area contributed by atoms with Crippen molar-refractivity contribution in [1.82, 2.24) is 0 Å². The second-order valence-electron chi connectivity index (χ2n) is 8.27. The molecule has 5 nitrogen and oxygen atoms in total. The van der Waals surface area contributed by atoms with E-state index in [0.29, 0.717) is 22.5 Å². The van der Waals surface area contributed by atoms with Gasteiger partial charge in [-0.25, -0.2) is 4.90 Å². The number of nitrogens with zero attached hydrogens (tertiary/aromatic N) is 2. The first kappa shape index (κ1) is 22.3. The van der Waals surface area contributed by atoms with Gasteiger partial charge in [0.2, 0.25) is 0 Å². The zero-order valence-electron chi connectivity index (χ0n) is 19.4. The maximum Gasteiger partial charge on any atom is 0.282 e. The molecule has 1 aliphatic heterocycles. The monoisotopic (exact) mass is 440 g/mol. The molecule has 3 aromatic carbocycles. The number of likely N-dealkylation sites (N-methyl/N-ethyl adjacent to an activating group) is 1. The highest BCUT2D eigenvalue weighted by Gasteiger charge is 2.42. The van der Waals surface area contributed by atoms with Crippen LogP contribution in [0.2, 0.25) is 0 Å². The molecule has 2 amide bonds. The van der Waals surface area contributed by atoms with Gasteiger partial charge in [-0.3, -0.25) is 9.59 Å². The van der Waals surface area contributed by atoms with Gasteiger partial charge in [0.25, 0.3) is 11.8 Å². The minimum Gasteiger partial charge on any atom is -0.491 e. The molecule has 0 bridgehead atoms.